The molecule has 0 aliphatic heterocycles. The van der Waals surface area contributed by atoms with Crippen molar-refractivity contribution in [1.29, 1.82) is 0 Å². The van der Waals surface area contributed by atoms with Crippen molar-refractivity contribution in [3.8, 4) is 0 Å². The average molecular weight is 232 g/mol. The molecule has 0 rings (SSSR count). The summed E-state index contributed by atoms with van der Waals surface area (Å²) in [6.07, 6.45) is 0. The largest absolute Gasteiger partial charge is 0.465 e. The van der Waals surface area contributed by atoms with Crippen LogP contribution in [-0.4, -0.2) is 39.5 Å². The molecule has 0 unspecified atom stereocenters. The number of methoxy groups -OCH3 is 1. The SMILES string of the molecule is CCOC(=O)C(COC)=C(OCC)OCC. The van der Waals surface area contributed by atoms with Gasteiger partial charge in [-0.1, -0.05) is 0 Å². The number of esters is 1. The van der Waals surface area contributed by atoms with Crippen LogP contribution in [0.15, 0.2) is 11.5 Å². The molecule has 94 valence electrons. The first kappa shape index (κ1) is 14.8. The molecule has 0 fully saturated rings. The summed E-state index contributed by atoms with van der Waals surface area (Å²) in [6, 6.07) is 0. The summed E-state index contributed by atoms with van der Waals surface area (Å²) in [5.74, 6) is -0.286. The maximum Gasteiger partial charge on any atom is 0.343 e. The normalized spacial score (nSPS) is 9.50. The lowest BCUT2D eigenvalue weighted by Gasteiger charge is -2.13. The molecule has 0 N–H and O–H groups in total. The van der Waals surface area contributed by atoms with Crippen LogP contribution in [0, 0.1) is 0 Å². The van der Waals surface area contributed by atoms with Crippen molar-refractivity contribution in [3.05, 3.63) is 11.5 Å². The van der Waals surface area contributed by atoms with Crippen LogP contribution in [0.2, 0.25) is 0 Å². The lowest BCUT2D eigenvalue weighted by atomic mass is 10.3. The number of hydrogen-bond donors (Lipinski definition) is 0. The van der Waals surface area contributed by atoms with Gasteiger partial charge < -0.3 is 18.9 Å². The van der Waals surface area contributed by atoms with Crippen molar-refractivity contribution in [3.63, 3.8) is 0 Å². The first-order valence-electron chi connectivity index (χ1n) is 5.35. The van der Waals surface area contributed by atoms with Crippen molar-refractivity contribution >= 4 is 5.97 Å². The maximum absolute atomic E-state index is 11.6. The molecule has 0 aliphatic carbocycles. The second-order valence-corrected chi connectivity index (χ2v) is 2.79. The number of hydrogen-bond acceptors (Lipinski definition) is 5. The van der Waals surface area contributed by atoms with Gasteiger partial charge in [0.15, 0.2) is 0 Å². The van der Waals surface area contributed by atoms with Crippen molar-refractivity contribution in [2.24, 2.45) is 0 Å². The Bertz CT molecular complexity index is 227. The highest BCUT2D eigenvalue weighted by molar-refractivity contribution is 5.89. The van der Waals surface area contributed by atoms with Crippen LogP contribution in [0.5, 0.6) is 0 Å². The minimum atomic E-state index is -0.471. The van der Waals surface area contributed by atoms with Crippen molar-refractivity contribution < 1.29 is 23.7 Å². The van der Waals surface area contributed by atoms with E-state index >= 15 is 0 Å². The Kier molecular flexibility index (Phi) is 8.34. The molecular weight excluding hydrogens is 212 g/mol. The third kappa shape index (κ3) is 5.02. The van der Waals surface area contributed by atoms with Gasteiger partial charge in [0.2, 0.25) is 0 Å². The van der Waals surface area contributed by atoms with E-state index in [0.717, 1.165) is 0 Å². The Morgan fingerprint density at radius 2 is 1.44 bits per heavy atom. The smallest absolute Gasteiger partial charge is 0.343 e. The third-order valence-corrected chi connectivity index (χ3v) is 1.61. The molecule has 5 nitrogen and oxygen atoms in total. The fraction of sp³-hybridized carbons (Fsp3) is 0.727. The lowest BCUT2D eigenvalue weighted by Crippen LogP contribution is -2.17. The lowest BCUT2D eigenvalue weighted by molar-refractivity contribution is -0.140. The number of carbonyl (C=O) groups is 1. The molecule has 0 radical (unpaired) electrons. The Balaban J connectivity index is 4.87. The maximum atomic E-state index is 11.6. The fourth-order valence-corrected chi connectivity index (χ4v) is 1.04. The van der Waals surface area contributed by atoms with Crippen molar-refractivity contribution in [1.82, 2.24) is 0 Å². The molecule has 5 heteroatoms. The molecule has 0 atom stereocenters. The molecule has 0 aromatic rings. The Labute approximate surface area is 96.3 Å². The molecule has 0 aromatic carbocycles. The number of rotatable bonds is 8. The molecular formula is C11H20O5. The molecule has 0 amide bonds. The molecule has 0 aliphatic rings. The molecule has 0 aromatic heterocycles. The van der Waals surface area contributed by atoms with Gasteiger partial charge >= 0.3 is 5.97 Å². The van der Waals surface area contributed by atoms with E-state index in [2.05, 4.69) is 0 Å². The van der Waals surface area contributed by atoms with Crippen LogP contribution < -0.4 is 0 Å². The van der Waals surface area contributed by atoms with Crippen LogP contribution >= 0.6 is 0 Å². The topological polar surface area (TPSA) is 54.0 Å². The minimum Gasteiger partial charge on any atom is -0.465 e. The summed E-state index contributed by atoms with van der Waals surface area (Å²) < 4.78 is 20.3. The van der Waals surface area contributed by atoms with Gasteiger partial charge in [0.25, 0.3) is 5.95 Å². The van der Waals surface area contributed by atoms with Gasteiger partial charge in [-0.05, 0) is 20.8 Å². The van der Waals surface area contributed by atoms with Crippen LogP contribution in [0.4, 0.5) is 0 Å². The van der Waals surface area contributed by atoms with E-state index in [1.807, 2.05) is 13.8 Å². The van der Waals surface area contributed by atoms with Gasteiger partial charge in [-0.2, -0.15) is 0 Å². The summed E-state index contributed by atoms with van der Waals surface area (Å²) in [6.45, 7) is 6.61. The highest BCUT2D eigenvalue weighted by atomic mass is 16.7. The predicted molar refractivity (Wildman–Crippen MR) is 58.8 cm³/mol. The van der Waals surface area contributed by atoms with E-state index in [1.165, 1.54) is 7.11 Å². The van der Waals surface area contributed by atoms with Crippen LogP contribution in [0.3, 0.4) is 0 Å². The first-order chi connectivity index (χ1) is 7.71. The second kappa shape index (κ2) is 9.03. The molecule has 0 saturated carbocycles. The van der Waals surface area contributed by atoms with Crippen LogP contribution in [0.25, 0.3) is 0 Å². The van der Waals surface area contributed by atoms with Crippen LogP contribution in [-0.2, 0) is 23.7 Å². The van der Waals surface area contributed by atoms with E-state index in [4.69, 9.17) is 18.9 Å². The van der Waals surface area contributed by atoms with E-state index in [9.17, 15) is 4.79 Å². The second-order valence-electron chi connectivity index (χ2n) is 2.79. The summed E-state index contributed by atoms with van der Waals surface area (Å²) in [7, 11) is 1.49. The Morgan fingerprint density at radius 3 is 1.81 bits per heavy atom. The monoisotopic (exact) mass is 232 g/mol. The molecule has 0 spiro atoms. The average Bonchev–Trinajstić information content (AvgIpc) is 2.26. The summed E-state index contributed by atoms with van der Waals surface area (Å²) >= 11 is 0. The Morgan fingerprint density at radius 1 is 0.938 bits per heavy atom. The van der Waals surface area contributed by atoms with Gasteiger partial charge in [-0.3, -0.25) is 0 Å². The van der Waals surface area contributed by atoms with Gasteiger partial charge in [-0.25, -0.2) is 4.79 Å². The minimum absolute atomic E-state index is 0.105. The van der Waals surface area contributed by atoms with E-state index in [1.54, 1.807) is 6.92 Å². The zero-order valence-corrected chi connectivity index (χ0v) is 10.4. The van der Waals surface area contributed by atoms with Gasteiger partial charge in [0.1, 0.15) is 5.57 Å². The zero-order valence-electron chi connectivity index (χ0n) is 10.4. The van der Waals surface area contributed by atoms with Gasteiger partial charge in [0.05, 0.1) is 26.4 Å². The fourth-order valence-electron chi connectivity index (χ4n) is 1.04. The summed E-state index contributed by atoms with van der Waals surface area (Å²) in [5.41, 5.74) is 0.271. The molecule has 0 heterocycles. The standard InChI is InChI=1S/C11H20O5/c1-5-14-10(12)9(8-13-4)11(15-6-2)16-7-3/h5-8H2,1-4H3. The van der Waals surface area contributed by atoms with Crippen molar-refractivity contribution in [2.45, 2.75) is 20.8 Å². The Hall–Kier alpha value is -1.23. The highest BCUT2D eigenvalue weighted by Crippen LogP contribution is 2.11. The van der Waals surface area contributed by atoms with Gasteiger partial charge in [0, 0.05) is 7.11 Å². The number of ether oxygens (including phenoxy) is 4. The zero-order chi connectivity index (χ0) is 12.4. The van der Waals surface area contributed by atoms with Gasteiger partial charge in [-0.15, -0.1) is 0 Å². The molecule has 0 bridgehead atoms. The number of carbonyl (C=O) groups excluding carboxylic acids is 1. The molecule has 16 heavy (non-hydrogen) atoms. The quantitative estimate of drug-likeness (QED) is 0.360. The van der Waals surface area contributed by atoms with E-state index in [-0.39, 0.29) is 18.1 Å². The highest BCUT2D eigenvalue weighted by Gasteiger charge is 2.19. The first-order valence-corrected chi connectivity index (χ1v) is 5.35. The third-order valence-electron chi connectivity index (χ3n) is 1.61. The summed E-state index contributed by atoms with van der Waals surface area (Å²) in [4.78, 5) is 11.6. The van der Waals surface area contributed by atoms with E-state index in [0.29, 0.717) is 19.8 Å². The van der Waals surface area contributed by atoms with Crippen molar-refractivity contribution in [2.75, 3.05) is 33.5 Å². The molecule has 0 saturated heterocycles. The summed E-state index contributed by atoms with van der Waals surface area (Å²) in [5, 5.41) is 0. The van der Waals surface area contributed by atoms with Crippen LogP contribution in [0.1, 0.15) is 20.8 Å². The van der Waals surface area contributed by atoms with E-state index < -0.39 is 5.97 Å². The predicted octanol–water partition coefficient (Wildman–Crippen LogP) is 1.48.